The fourth-order valence-corrected chi connectivity index (χ4v) is 3.22. The fourth-order valence-electron chi connectivity index (χ4n) is 2.12. The molecule has 0 aliphatic carbocycles. The van der Waals surface area contributed by atoms with Gasteiger partial charge in [-0.2, -0.15) is 0 Å². The largest absolute Gasteiger partial charge is 0.226 e. The molecule has 4 heteroatoms. The Morgan fingerprint density at radius 3 is 2.78 bits per heavy atom. The molecule has 0 atom stereocenters. The number of fused-ring (bicyclic) bond motifs is 1. The lowest BCUT2D eigenvalue weighted by Crippen LogP contribution is -1.85. The molecule has 0 spiro atoms. The number of aromatic nitrogens is 2. The Kier molecular flexibility index (Phi) is 2.80. The maximum atomic E-state index is 5.81. The van der Waals surface area contributed by atoms with E-state index in [2.05, 4.69) is 47.4 Å². The van der Waals surface area contributed by atoms with Gasteiger partial charge in [-0.3, -0.25) is 0 Å². The smallest absolute Gasteiger partial charge is 0.223 e. The average Bonchev–Trinajstić information content (AvgIpc) is 2.72. The van der Waals surface area contributed by atoms with Gasteiger partial charge in [0.1, 0.15) is 4.83 Å². The second-order valence-electron chi connectivity index (χ2n) is 4.33. The second kappa shape index (κ2) is 4.34. The van der Waals surface area contributed by atoms with Crippen LogP contribution in [0.25, 0.3) is 21.3 Å². The molecule has 90 valence electrons. The number of hydrogen-bond donors (Lipinski definition) is 0. The van der Waals surface area contributed by atoms with Crippen LogP contribution < -0.4 is 0 Å². The number of thiophene rings is 1. The highest BCUT2D eigenvalue weighted by Crippen LogP contribution is 2.34. The molecule has 0 N–H and O–H groups in total. The van der Waals surface area contributed by atoms with E-state index in [1.54, 1.807) is 17.5 Å². The molecule has 0 aliphatic heterocycles. The summed E-state index contributed by atoms with van der Waals surface area (Å²) >= 11 is 7.41. The van der Waals surface area contributed by atoms with Crippen LogP contribution in [0.3, 0.4) is 0 Å². The Bertz CT molecular complexity index is 734. The number of hydrogen-bond acceptors (Lipinski definition) is 3. The molecule has 18 heavy (non-hydrogen) atoms. The van der Waals surface area contributed by atoms with Gasteiger partial charge in [-0.05, 0) is 36.6 Å². The summed E-state index contributed by atoms with van der Waals surface area (Å²) in [7, 11) is 0. The lowest BCUT2D eigenvalue weighted by molar-refractivity contribution is 1.23. The molecule has 2 nitrogen and oxygen atoms in total. The topological polar surface area (TPSA) is 25.8 Å². The lowest BCUT2D eigenvalue weighted by atomic mass is 9.99. The van der Waals surface area contributed by atoms with Gasteiger partial charge in [0.05, 0.1) is 0 Å². The van der Waals surface area contributed by atoms with Crippen molar-refractivity contribution in [1.29, 1.82) is 0 Å². The van der Waals surface area contributed by atoms with Gasteiger partial charge in [-0.15, -0.1) is 11.3 Å². The Morgan fingerprint density at radius 1 is 1.17 bits per heavy atom. The zero-order valence-electron chi connectivity index (χ0n) is 10.1. The van der Waals surface area contributed by atoms with Gasteiger partial charge in [0.25, 0.3) is 0 Å². The van der Waals surface area contributed by atoms with Crippen LogP contribution in [0.15, 0.2) is 29.8 Å². The molecule has 2 heterocycles. The normalized spacial score (nSPS) is 11.1. The predicted octanol–water partition coefficient (Wildman–Crippen LogP) is 4.63. The summed E-state index contributed by atoms with van der Waals surface area (Å²) in [6.07, 6.45) is 1.80. The minimum absolute atomic E-state index is 0.302. The number of halogens is 1. The molecule has 0 fully saturated rings. The van der Waals surface area contributed by atoms with Crippen molar-refractivity contribution in [3.05, 3.63) is 46.2 Å². The molecule has 1 aromatic carbocycles. The molecule has 2 aromatic heterocycles. The minimum atomic E-state index is 0.302. The average molecular weight is 275 g/mol. The first-order valence-corrected chi connectivity index (χ1v) is 6.88. The molecule has 3 aromatic rings. The Balaban J connectivity index is 2.25. The van der Waals surface area contributed by atoms with E-state index in [1.165, 1.54) is 22.3 Å². The zero-order chi connectivity index (χ0) is 12.7. The van der Waals surface area contributed by atoms with E-state index in [-0.39, 0.29) is 0 Å². The maximum absolute atomic E-state index is 5.81. The van der Waals surface area contributed by atoms with Crippen molar-refractivity contribution < 1.29 is 0 Å². The first-order chi connectivity index (χ1) is 8.65. The van der Waals surface area contributed by atoms with Crippen molar-refractivity contribution in [2.75, 3.05) is 0 Å². The summed E-state index contributed by atoms with van der Waals surface area (Å²) < 4.78 is 0. The van der Waals surface area contributed by atoms with Crippen LogP contribution in [0.1, 0.15) is 11.1 Å². The van der Waals surface area contributed by atoms with Crippen LogP contribution in [0.5, 0.6) is 0 Å². The Morgan fingerprint density at radius 2 is 2.00 bits per heavy atom. The second-order valence-corrected chi connectivity index (χ2v) is 5.52. The molecule has 0 unspecified atom stereocenters. The number of benzene rings is 1. The quantitative estimate of drug-likeness (QED) is 0.605. The summed E-state index contributed by atoms with van der Waals surface area (Å²) in [5, 5.41) is 3.49. The highest BCUT2D eigenvalue weighted by atomic mass is 35.5. The molecule has 0 saturated heterocycles. The molecule has 0 aliphatic rings. The van der Waals surface area contributed by atoms with Crippen LogP contribution in [0.4, 0.5) is 0 Å². The van der Waals surface area contributed by atoms with E-state index >= 15 is 0 Å². The lowest BCUT2D eigenvalue weighted by Gasteiger charge is -2.05. The number of nitrogens with zero attached hydrogens (tertiary/aromatic N) is 2. The molecule has 0 bridgehead atoms. The predicted molar refractivity (Wildman–Crippen MR) is 77.3 cm³/mol. The summed E-state index contributed by atoms with van der Waals surface area (Å²) in [6.45, 7) is 4.23. The fraction of sp³-hybridized carbons (Fsp3) is 0.143. The number of rotatable bonds is 1. The van der Waals surface area contributed by atoms with E-state index in [0.717, 1.165) is 10.2 Å². The van der Waals surface area contributed by atoms with Gasteiger partial charge in [-0.25, -0.2) is 9.97 Å². The highest BCUT2D eigenvalue weighted by molar-refractivity contribution is 7.17. The first kappa shape index (κ1) is 11.6. The standard InChI is InChI=1S/C14H11ClN2S/c1-8-3-4-10(9(2)5-8)12-7-18-13-11(12)6-16-14(15)17-13/h3-7H,1-2H3. The van der Waals surface area contributed by atoms with Gasteiger partial charge in [0.2, 0.25) is 5.28 Å². The van der Waals surface area contributed by atoms with Crippen LogP contribution in [-0.4, -0.2) is 9.97 Å². The van der Waals surface area contributed by atoms with Crippen molar-refractivity contribution in [1.82, 2.24) is 9.97 Å². The molecule has 3 rings (SSSR count). The first-order valence-electron chi connectivity index (χ1n) is 5.62. The highest BCUT2D eigenvalue weighted by Gasteiger charge is 2.10. The molecule has 0 saturated carbocycles. The SMILES string of the molecule is Cc1ccc(-c2csc3nc(Cl)ncc23)c(C)c1. The van der Waals surface area contributed by atoms with Gasteiger partial charge in [-0.1, -0.05) is 23.8 Å². The maximum Gasteiger partial charge on any atom is 0.223 e. The van der Waals surface area contributed by atoms with E-state index in [9.17, 15) is 0 Å². The van der Waals surface area contributed by atoms with E-state index < -0.39 is 0 Å². The Labute approximate surface area is 114 Å². The third-order valence-corrected chi connectivity index (χ3v) is 4.05. The van der Waals surface area contributed by atoms with Crippen molar-refractivity contribution in [3.63, 3.8) is 0 Å². The van der Waals surface area contributed by atoms with Crippen molar-refractivity contribution >= 4 is 33.2 Å². The molecular formula is C14H11ClN2S. The van der Waals surface area contributed by atoms with Gasteiger partial charge in [0, 0.05) is 22.5 Å². The van der Waals surface area contributed by atoms with Crippen LogP contribution in [-0.2, 0) is 0 Å². The number of aryl methyl sites for hydroxylation is 2. The van der Waals surface area contributed by atoms with Crippen LogP contribution in [0, 0.1) is 13.8 Å². The van der Waals surface area contributed by atoms with E-state index in [1.807, 2.05) is 0 Å². The third kappa shape index (κ3) is 1.89. The van der Waals surface area contributed by atoms with Crippen LogP contribution >= 0.6 is 22.9 Å². The van der Waals surface area contributed by atoms with Gasteiger partial charge in [0.15, 0.2) is 0 Å². The van der Waals surface area contributed by atoms with Gasteiger partial charge >= 0.3 is 0 Å². The zero-order valence-corrected chi connectivity index (χ0v) is 11.6. The summed E-state index contributed by atoms with van der Waals surface area (Å²) in [6, 6.07) is 6.47. The molecular weight excluding hydrogens is 264 g/mol. The van der Waals surface area contributed by atoms with Crippen molar-refractivity contribution in [3.8, 4) is 11.1 Å². The van der Waals surface area contributed by atoms with Crippen LogP contribution in [0.2, 0.25) is 5.28 Å². The van der Waals surface area contributed by atoms with E-state index in [4.69, 9.17) is 11.6 Å². The molecule has 0 radical (unpaired) electrons. The monoisotopic (exact) mass is 274 g/mol. The van der Waals surface area contributed by atoms with Crippen molar-refractivity contribution in [2.45, 2.75) is 13.8 Å². The third-order valence-electron chi connectivity index (χ3n) is 2.98. The summed E-state index contributed by atoms with van der Waals surface area (Å²) in [5.41, 5.74) is 4.96. The Hall–Kier alpha value is -1.45. The minimum Gasteiger partial charge on any atom is -0.226 e. The van der Waals surface area contributed by atoms with Gasteiger partial charge < -0.3 is 0 Å². The van der Waals surface area contributed by atoms with E-state index in [0.29, 0.717) is 5.28 Å². The van der Waals surface area contributed by atoms with Crippen molar-refractivity contribution in [2.24, 2.45) is 0 Å². The summed E-state index contributed by atoms with van der Waals surface area (Å²) in [4.78, 5) is 9.25. The summed E-state index contributed by atoms with van der Waals surface area (Å²) in [5.74, 6) is 0. The molecule has 0 amide bonds.